The lowest BCUT2D eigenvalue weighted by Crippen LogP contribution is -2.34. The fraction of sp³-hybridized carbons (Fsp3) is 0.667. The number of hydrogen-bond acceptors (Lipinski definition) is 2. The van der Waals surface area contributed by atoms with Crippen molar-refractivity contribution in [1.29, 1.82) is 0 Å². The van der Waals surface area contributed by atoms with Gasteiger partial charge < -0.3 is 10.2 Å². The van der Waals surface area contributed by atoms with Crippen molar-refractivity contribution in [2.45, 2.75) is 64.5 Å². The summed E-state index contributed by atoms with van der Waals surface area (Å²) in [4.78, 5) is 2.16. The van der Waals surface area contributed by atoms with Gasteiger partial charge in [0.2, 0.25) is 0 Å². The molecule has 1 aromatic rings. The number of benzene rings is 1. The summed E-state index contributed by atoms with van der Waals surface area (Å²) in [6.07, 6.45) is 8.64. The van der Waals surface area contributed by atoms with E-state index in [0.717, 1.165) is 18.8 Å². The zero-order chi connectivity index (χ0) is 15.1. The third-order valence-corrected chi connectivity index (χ3v) is 4.55. The minimum atomic E-state index is -0.0969. The van der Waals surface area contributed by atoms with Crippen molar-refractivity contribution < 1.29 is 4.39 Å². The molecule has 118 valence electrons. The lowest BCUT2D eigenvalue weighted by molar-refractivity contribution is 0.424. The Balaban J connectivity index is 2.00. The summed E-state index contributed by atoms with van der Waals surface area (Å²) in [6, 6.07) is 6.03. The van der Waals surface area contributed by atoms with Gasteiger partial charge in [-0.25, -0.2) is 4.39 Å². The number of hydrogen-bond donors (Lipinski definition) is 1. The smallest absolute Gasteiger partial charge is 0.146 e. The first-order chi connectivity index (χ1) is 10.2. The van der Waals surface area contributed by atoms with Gasteiger partial charge in [-0.3, -0.25) is 0 Å². The summed E-state index contributed by atoms with van der Waals surface area (Å²) in [5.74, 6) is -0.0969. The molecule has 1 saturated carbocycles. The second-order valence-corrected chi connectivity index (χ2v) is 6.22. The standard InChI is InChI=1S/C18H29FN2/c1-3-4-12-20-14-15-10-11-17(19)18(13-15)21(2)16-8-6-5-7-9-16/h10-11,13,16,20H,3-9,12,14H2,1-2H3. The summed E-state index contributed by atoms with van der Waals surface area (Å²) >= 11 is 0. The van der Waals surface area contributed by atoms with E-state index in [9.17, 15) is 4.39 Å². The summed E-state index contributed by atoms with van der Waals surface area (Å²) < 4.78 is 14.2. The molecule has 0 saturated heterocycles. The summed E-state index contributed by atoms with van der Waals surface area (Å²) in [7, 11) is 2.04. The van der Waals surface area contributed by atoms with Crippen molar-refractivity contribution in [1.82, 2.24) is 5.32 Å². The predicted molar refractivity (Wildman–Crippen MR) is 88.3 cm³/mol. The van der Waals surface area contributed by atoms with E-state index < -0.39 is 0 Å². The van der Waals surface area contributed by atoms with Crippen LogP contribution < -0.4 is 10.2 Å². The maximum atomic E-state index is 14.2. The molecule has 1 aliphatic rings. The largest absolute Gasteiger partial charge is 0.369 e. The molecular formula is C18H29FN2. The molecule has 1 fully saturated rings. The zero-order valence-corrected chi connectivity index (χ0v) is 13.5. The van der Waals surface area contributed by atoms with Crippen LogP contribution >= 0.6 is 0 Å². The van der Waals surface area contributed by atoms with E-state index in [2.05, 4.69) is 17.1 Å². The number of nitrogens with zero attached hydrogens (tertiary/aromatic N) is 1. The van der Waals surface area contributed by atoms with Crippen molar-refractivity contribution in [3.8, 4) is 0 Å². The molecule has 1 aromatic carbocycles. The molecule has 1 N–H and O–H groups in total. The quantitative estimate of drug-likeness (QED) is 0.745. The predicted octanol–water partition coefficient (Wildman–Crippen LogP) is 4.48. The lowest BCUT2D eigenvalue weighted by Gasteiger charge is -2.33. The second-order valence-electron chi connectivity index (χ2n) is 6.22. The molecule has 0 amide bonds. The Morgan fingerprint density at radius 2 is 2.00 bits per heavy atom. The van der Waals surface area contributed by atoms with Gasteiger partial charge in [-0.1, -0.05) is 38.7 Å². The first-order valence-corrected chi connectivity index (χ1v) is 8.44. The molecule has 0 heterocycles. The molecule has 21 heavy (non-hydrogen) atoms. The summed E-state index contributed by atoms with van der Waals surface area (Å²) in [5, 5.41) is 3.43. The van der Waals surface area contributed by atoms with E-state index >= 15 is 0 Å². The molecule has 2 nitrogen and oxygen atoms in total. The topological polar surface area (TPSA) is 15.3 Å². The number of unbranched alkanes of at least 4 members (excludes halogenated alkanes) is 1. The van der Waals surface area contributed by atoms with Crippen LogP contribution in [0.4, 0.5) is 10.1 Å². The number of rotatable bonds is 7. The number of halogens is 1. The van der Waals surface area contributed by atoms with Crippen LogP contribution in [0.1, 0.15) is 57.4 Å². The van der Waals surface area contributed by atoms with Crippen molar-refractivity contribution in [2.75, 3.05) is 18.5 Å². The Kier molecular flexibility index (Phi) is 6.50. The van der Waals surface area contributed by atoms with Gasteiger partial charge in [0, 0.05) is 19.6 Å². The molecule has 0 spiro atoms. The van der Waals surface area contributed by atoms with Crippen LogP contribution in [0.5, 0.6) is 0 Å². The van der Waals surface area contributed by atoms with Gasteiger partial charge in [0.25, 0.3) is 0 Å². The van der Waals surface area contributed by atoms with E-state index in [0.29, 0.717) is 6.04 Å². The lowest BCUT2D eigenvalue weighted by atomic mass is 9.94. The van der Waals surface area contributed by atoms with Crippen LogP contribution in [0.2, 0.25) is 0 Å². The molecule has 0 aliphatic heterocycles. The fourth-order valence-electron chi connectivity index (χ4n) is 3.14. The molecule has 0 aromatic heterocycles. The third-order valence-electron chi connectivity index (χ3n) is 4.55. The molecule has 0 radical (unpaired) electrons. The average molecular weight is 292 g/mol. The van der Waals surface area contributed by atoms with Crippen LogP contribution in [-0.2, 0) is 6.54 Å². The summed E-state index contributed by atoms with van der Waals surface area (Å²) in [5.41, 5.74) is 1.93. The second kappa shape index (κ2) is 8.38. The highest BCUT2D eigenvalue weighted by Crippen LogP contribution is 2.28. The van der Waals surface area contributed by atoms with E-state index in [1.54, 1.807) is 6.07 Å². The van der Waals surface area contributed by atoms with Crippen molar-refractivity contribution >= 4 is 5.69 Å². The molecule has 3 heteroatoms. The van der Waals surface area contributed by atoms with Gasteiger partial charge in [0.15, 0.2) is 0 Å². The van der Waals surface area contributed by atoms with Crippen molar-refractivity contribution in [3.63, 3.8) is 0 Å². The molecular weight excluding hydrogens is 263 g/mol. The molecule has 0 atom stereocenters. The van der Waals surface area contributed by atoms with Crippen molar-refractivity contribution in [3.05, 3.63) is 29.6 Å². The zero-order valence-electron chi connectivity index (χ0n) is 13.5. The van der Waals surface area contributed by atoms with Crippen LogP contribution in [0.3, 0.4) is 0 Å². The average Bonchev–Trinajstić information content (AvgIpc) is 2.53. The minimum absolute atomic E-state index is 0.0969. The van der Waals surface area contributed by atoms with Gasteiger partial charge in [0.1, 0.15) is 5.82 Å². The molecule has 1 aliphatic carbocycles. The Labute approximate surface area is 128 Å². The van der Waals surface area contributed by atoms with Gasteiger partial charge in [-0.05, 0) is 43.5 Å². The fourth-order valence-corrected chi connectivity index (χ4v) is 3.14. The van der Waals surface area contributed by atoms with Crippen molar-refractivity contribution in [2.24, 2.45) is 0 Å². The SMILES string of the molecule is CCCCNCc1ccc(F)c(N(C)C2CCCCC2)c1. The Morgan fingerprint density at radius 3 is 2.71 bits per heavy atom. The third kappa shape index (κ3) is 4.70. The van der Waals surface area contributed by atoms with Gasteiger partial charge >= 0.3 is 0 Å². The normalized spacial score (nSPS) is 16.1. The maximum Gasteiger partial charge on any atom is 0.146 e. The van der Waals surface area contributed by atoms with Crippen LogP contribution in [-0.4, -0.2) is 19.6 Å². The first-order valence-electron chi connectivity index (χ1n) is 8.44. The van der Waals surface area contributed by atoms with Gasteiger partial charge in [0.05, 0.1) is 5.69 Å². The highest BCUT2D eigenvalue weighted by molar-refractivity contribution is 5.50. The highest BCUT2D eigenvalue weighted by Gasteiger charge is 2.20. The van der Waals surface area contributed by atoms with Crippen LogP contribution in [0.25, 0.3) is 0 Å². The van der Waals surface area contributed by atoms with Crippen LogP contribution in [0.15, 0.2) is 18.2 Å². The van der Waals surface area contributed by atoms with Crippen LogP contribution in [0, 0.1) is 5.82 Å². The molecule has 0 unspecified atom stereocenters. The highest BCUT2D eigenvalue weighted by atomic mass is 19.1. The molecule has 2 rings (SSSR count). The first kappa shape index (κ1) is 16.3. The van der Waals surface area contributed by atoms with E-state index in [4.69, 9.17) is 0 Å². The Hall–Kier alpha value is -1.09. The van der Waals surface area contributed by atoms with E-state index in [1.807, 2.05) is 19.2 Å². The maximum absolute atomic E-state index is 14.2. The van der Waals surface area contributed by atoms with E-state index in [-0.39, 0.29) is 5.82 Å². The number of anilines is 1. The monoisotopic (exact) mass is 292 g/mol. The Morgan fingerprint density at radius 1 is 1.24 bits per heavy atom. The van der Waals surface area contributed by atoms with Gasteiger partial charge in [-0.2, -0.15) is 0 Å². The summed E-state index contributed by atoms with van der Waals surface area (Å²) in [6.45, 7) is 4.05. The van der Waals surface area contributed by atoms with Gasteiger partial charge in [-0.15, -0.1) is 0 Å². The number of nitrogens with one attached hydrogen (secondary N) is 1. The van der Waals surface area contributed by atoms with E-state index in [1.165, 1.54) is 50.5 Å². The molecule has 0 bridgehead atoms. The Bertz CT molecular complexity index is 427. The minimum Gasteiger partial charge on any atom is -0.369 e.